The molecule has 2 N–H and O–H groups in total. The number of nitrogens with one attached hydrogen (secondary N) is 2. The maximum atomic E-state index is 12.6. The van der Waals surface area contributed by atoms with Gasteiger partial charge in [0.2, 0.25) is 0 Å². The largest absolute Gasteiger partial charge is 0.496 e. The molecule has 0 bridgehead atoms. The van der Waals surface area contributed by atoms with Crippen molar-refractivity contribution < 1.29 is 9.53 Å². The van der Waals surface area contributed by atoms with Crippen molar-refractivity contribution in [1.82, 2.24) is 14.8 Å². The van der Waals surface area contributed by atoms with Crippen molar-refractivity contribution in [1.29, 1.82) is 0 Å². The number of hydrogen-bond acceptors (Lipinski definition) is 6. The monoisotopic (exact) mass is 391 g/mol. The molecule has 7 nitrogen and oxygen atoms in total. The molecule has 3 aromatic rings. The molecule has 9 heteroatoms. The lowest BCUT2D eigenvalue weighted by Gasteiger charge is -2.14. The second-order valence-corrected chi connectivity index (χ2v) is 7.13. The molecule has 2 heterocycles. The number of hydrogen-bond donors (Lipinski definition) is 2. The van der Waals surface area contributed by atoms with Gasteiger partial charge in [0.1, 0.15) is 15.6 Å². The summed E-state index contributed by atoms with van der Waals surface area (Å²) in [6, 6.07) is 3.79. The molecule has 0 saturated heterocycles. The molecule has 1 amide bonds. The van der Waals surface area contributed by atoms with Gasteiger partial charge in [0.25, 0.3) is 5.91 Å². The maximum absolute atomic E-state index is 12.6. The van der Waals surface area contributed by atoms with Gasteiger partial charge in [-0.2, -0.15) is 5.10 Å². The normalized spacial score (nSPS) is 10.7. The van der Waals surface area contributed by atoms with E-state index in [0.29, 0.717) is 20.8 Å². The molecule has 0 radical (unpaired) electrons. The standard InChI is InChI=1S/C17H18ClN5O2S/c1-9-5-6-12(25-4)10(2)14(9)20-16(24)13-7-19-17(26-13)21-15-11(18)8-23(3)22-15/h5-8H,1-4H3,(H,20,24)(H,19,21,22). The molecular weight excluding hydrogens is 374 g/mol. The van der Waals surface area contributed by atoms with Gasteiger partial charge >= 0.3 is 0 Å². The third-order valence-corrected chi connectivity index (χ3v) is 5.01. The van der Waals surface area contributed by atoms with Gasteiger partial charge in [0.05, 0.1) is 19.0 Å². The summed E-state index contributed by atoms with van der Waals surface area (Å²) in [4.78, 5) is 17.3. The van der Waals surface area contributed by atoms with Gasteiger partial charge in [-0.1, -0.05) is 29.0 Å². The number of aryl methyl sites for hydroxylation is 2. The fraction of sp³-hybridized carbons (Fsp3) is 0.235. The van der Waals surface area contributed by atoms with Crippen molar-refractivity contribution in [3.63, 3.8) is 0 Å². The molecular formula is C17H18ClN5O2S. The highest BCUT2D eigenvalue weighted by Crippen LogP contribution is 2.30. The molecule has 1 aromatic carbocycles. The number of anilines is 3. The lowest BCUT2D eigenvalue weighted by Crippen LogP contribution is -2.12. The van der Waals surface area contributed by atoms with Crippen molar-refractivity contribution in [2.24, 2.45) is 7.05 Å². The first-order valence-electron chi connectivity index (χ1n) is 7.76. The van der Waals surface area contributed by atoms with Crippen LogP contribution in [0.1, 0.15) is 20.8 Å². The van der Waals surface area contributed by atoms with Gasteiger partial charge < -0.3 is 15.4 Å². The fourth-order valence-corrected chi connectivity index (χ4v) is 3.44. The Labute approximate surface area is 160 Å². The summed E-state index contributed by atoms with van der Waals surface area (Å²) in [5, 5.41) is 11.2. The maximum Gasteiger partial charge on any atom is 0.267 e. The summed E-state index contributed by atoms with van der Waals surface area (Å²) in [7, 11) is 3.38. The van der Waals surface area contributed by atoms with E-state index >= 15 is 0 Å². The Morgan fingerprint density at radius 3 is 2.77 bits per heavy atom. The number of rotatable bonds is 5. The summed E-state index contributed by atoms with van der Waals surface area (Å²) in [6.07, 6.45) is 3.20. The second kappa shape index (κ2) is 7.35. The van der Waals surface area contributed by atoms with E-state index in [1.165, 1.54) is 17.5 Å². The summed E-state index contributed by atoms with van der Waals surface area (Å²) in [5.41, 5.74) is 2.58. The zero-order chi connectivity index (χ0) is 18.8. The molecule has 0 spiro atoms. The van der Waals surface area contributed by atoms with Crippen LogP contribution >= 0.6 is 22.9 Å². The minimum Gasteiger partial charge on any atom is -0.496 e. The van der Waals surface area contributed by atoms with E-state index in [0.717, 1.165) is 22.6 Å². The molecule has 0 fully saturated rings. The lowest BCUT2D eigenvalue weighted by molar-refractivity contribution is 0.103. The van der Waals surface area contributed by atoms with E-state index in [9.17, 15) is 4.79 Å². The third-order valence-electron chi connectivity index (χ3n) is 3.82. The van der Waals surface area contributed by atoms with Crippen LogP contribution in [0, 0.1) is 13.8 Å². The zero-order valence-electron chi connectivity index (χ0n) is 14.8. The number of amides is 1. The van der Waals surface area contributed by atoms with Crippen molar-refractivity contribution in [3.8, 4) is 5.75 Å². The number of nitrogens with zero attached hydrogens (tertiary/aromatic N) is 3. The first-order chi connectivity index (χ1) is 12.4. The van der Waals surface area contributed by atoms with Crippen molar-refractivity contribution >= 4 is 45.5 Å². The molecule has 2 aromatic heterocycles. The Hall–Kier alpha value is -2.58. The average Bonchev–Trinajstić information content (AvgIpc) is 3.18. The Kier molecular flexibility index (Phi) is 5.15. The first-order valence-corrected chi connectivity index (χ1v) is 8.96. The highest BCUT2D eigenvalue weighted by molar-refractivity contribution is 7.17. The average molecular weight is 392 g/mol. The quantitative estimate of drug-likeness (QED) is 0.682. The van der Waals surface area contributed by atoms with Crippen LogP contribution in [0.4, 0.5) is 16.6 Å². The predicted octanol–water partition coefficient (Wildman–Crippen LogP) is 4.15. The topological polar surface area (TPSA) is 81.1 Å². The van der Waals surface area contributed by atoms with E-state index in [1.54, 1.807) is 25.0 Å². The SMILES string of the molecule is COc1ccc(C)c(NC(=O)c2cnc(Nc3nn(C)cc3Cl)s2)c1C. The van der Waals surface area contributed by atoms with Gasteiger partial charge in [-0.15, -0.1) is 0 Å². The molecule has 0 aliphatic carbocycles. The number of ether oxygens (including phenoxy) is 1. The highest BCUT2D eigenvalue weighted by atomic mass is 35.5. The number of benzene rings is 1. The van der Waals surface area contributed by atoms with Crippen molar-refractivity contribution in [2.45, 2.75) is 13.8 Å². The Morgan fingerprint density at radius 2 is 2.12 bits per heavy atom. The van der Waals surface area contributed by atoms with Gasteiger partial charge in [-0.05, 0) is 25.5 Å². The van der Waals surface area contributed by atoms with E-state index in [2.05, 4.69) is 20.7 Å². The molecule has 0 atom stereocenters. The molecule has 3 rings (SSSR count). The smallest absolute Gasteiger partial charge is 0.267 e. The lowest BCUT2D eigenvalue weighted by atomic mass is 10.1. The summed E-state index contributed by atoms with van der Waals surface area (Å²) in [5.74, 6) is 0.986. The van der Waals surface area contributed by atoms with Crippen molar-refractivity contribution in [3.05, 3.63) is 45.6 Å². The molecule has 0 unspecified atom stereocenters. The molecule has 0 saturated carbocycles. The van der Waals surface area contributed by atoms with Crippen LogP contribution < -0.4 is 15.4 Å². The second-order valence-electron chi connectivity index (χ2n) is 5.69. The highest BCUT2D eigenvalue weighted by Gasteiger charge is 2.16. The zero-order valence-corrected chi connectivity index (χ0v) is 16.3. The van der Waals surface area contributed by atoms with Crippen molar-refractivity contribution in [2.75, 3.05) is 17.7 Å². The van der Waals surface area contributed by atoms with Crippen LogP contribution in [-0.4, -0.2) is 27.8 Å². The predicted molar refractivity (Wildman–Crippen MR) is 104 cm³/mol. The van der Waals surface area contributed by atoms with Gasteiger partial charge in [-0.25, -0.2) is 4.98 Å². The third kappa shape index (κ3) is 3.66. The molecule has 0 aliphatic heterocycles. The van der Waals surface area contributed by atoms with Gasteiger partial charge in [-0.3, -0.25) is 9.48 Å². The van der Waals surface area contributed by atoms with Crippen LogP contribution in [0.15, 0.2) is 24.5 Å². The Bertz CT molecular complexity index is 966. The van der Waals surface area contributed by atoms with Crippen LogP contribution in [0.25, 0.3) is 0 Å². The Balaban J connectivity index is 1.78. The summed E-state index contributed by atoms with van der Waals surface area (Å²) in [6.45, 7) is 3.84. The van der Waals surface area contributed by atoms with E-state index in [1.807, 2.05) is 26.0 Å². The number of halogens is 1. The number of thiazole rings is 1. The number of aromatic nitrogens is 3. The minimum absolute atomic E-state index is 0.234. The van der Waals surface area contributed by atoms with E-state index in [-0.39, 0.29) is 5.91 Å². The van der Waals surface area contributed by atoms with E-state index in [4.69, 9.17) is 16.3 Å². The first kappa shape index (κ1) is 18.2. The molecule has 136 valence electrons. The van der Waals surface area contributed by atoms with Crippen LogP contribution in [-0.2, 0) is 7.05 Å². The fourth-order valence-electron chi connectivity index (χ4n) is 2.50. The molecule has 0 aliphatic rings. The summed E-state index contributed by atoms with van der Waals surface area (Å²) >= 11 is 7.30. The number of methoxy groups -OCH3 is 1. The summed E-state index contributed by atoms with van der Waals surface area (Å²) < 4.78 is 6.92. The van der Waals surface area contributed by atoms with E-state index < -0.39 is 0 Å². The van der Waals surface area contributed by atoms with Crippen LogP contribution in [0.2, 0.25) is 5.02 Å². The van der Waals surface area contributed by atoms with Crippen LogP contribution in [0.5, 0.6) is 5.75 Å². The van der Waals surface area contributed by atoms with Gasteiger partial charge in [0, 0.05) is 18.8 Å². The molecule has 26 heavy (non-hydrogen) atoms. The van der Waals surface area contributed by atoms with Crippen LogP contribution in [0.3, 0.4) is 0 Å². The number of carbonyl (C=O) groups excluding carboxylic acids is 1. The van der Waals surface area contributed by atoms with Gasteiger partial charge in [0.15, 0.2) is 10.9 Å². The Morgan fingerprint density at radius 1 is 1.35 bits per heavy atom. The number of carbonyl (C=O) groups is 1. The minimum atomic E-state index is -0.234.